The lowest BCUT2D eigenvalue weighted by Crippen LogP contribution is -2.31. The SMILES string of the molecule is CCCCN(CC)CCCCC(C)(C)C(=N)N. The molecule has 17 heavy (non-hydrogen) atoms. The van der Waals surface area contributed by atoms with Crippen LogP contribution in [0.1, 0.15) is 59.8 Å². The monoisotopic (exact) mass is 241 g/mol. The fourth-order valence-corrected chi connectivity index (χ4v) is 1.85. The van der Waals surface area contributed by atoms with Crippen LogP contribution in [0.15, 0.2) is 0 Å². The zero-order chi connectivity index (χ0) is 13.3. The number of nitrogens with two attached hydrogens (primary N) is 1. The summed E-state index contributed by atoms with van der Waals surface area (Å²) in [6.45, 7) is 12.1. The third kappa shape index (κ3) is 7.37. The minimum Gasteiger partial charge on any atom is -0.387 e. The Balaban J connectivity index is 3.71. The first kappa shape index (κ1) is 16.4. The summed E-state index contributed by atoms with van der Waals surface area (Å²) >= 11 is 0. The van der Waals surface area contributed by atoms with Gasteiger partial charge in [0.05, 0.1) is 5.84 Å². The van der Waals surface area contributed by atoms with Crippen molar-refractivity contribution in [3.8, 4) is 0 Å². The number of nitrogens with one attached hydrogen (secondary N) is 1. The maximum atomic E-state index is 7.51. The molecular weight excluding hydrogens is 210 g/mol. The average molecular weight is 241 g/mol. The summed E-state index contributed by atoms with van der Waals surface area (Å²) in [7, 11) is 0. The van der Waals surface area contributed by atoms with Crippen LogP contribution in [0, 0.1) is 10.8 Å². The molecule has 0 aliphatic heterocycles. The largest absolute Gasteiger partial charge is 0.387 e. The zero-order valence-electron chi connectivity index (χ0n) is 12.2. The highest BCUT2D eigenvalue weighted by Gasteiger charge is 2.20. The summed E-state index contributed by atoms with van der Waals surface area (Å²) in [5, 5.41) is 7.51. The van der Waals surface area contributed by atoms with Crippen LogP contribution in [0.25, 0.3) is 0 Å². The first-order valence-electron chi connectivity index (χ1n) is 7.01. The van der Waals surface area contributed by atoms with Gasteiger partial charge < -0.3 is 10.6 Å². The predicted molar refractivity (Wildman–Crippen MR) is 76.6 cm³/mol. The minimum absolute atomic E-state index is 0.125. The Morgan fingerprint density at radius 1 is 1.12 bits per heavy atom. The van der Waals surface area contributed by atoms with E-state index in [9.17, 15) is 0 Å². The van der Waals surface area contributed by atoms with Gasteiger partial charge in [0.15, 0.2) is 0 Å². The fraction of sp³-hybridized carbons (Fsp3) is 0.929. The molecule has 0 aliphatic rings. The van der Waals surface area contributed by atoms with Crippen molar-refractivity contribution in [1.29, 1.82) is 5.41 Å². The molecule has 0 heterocycles. The molecule has 0 rings (SSSR count). The van der Waals surface area contributed by atoms with Crippen LogP contribution in [0.3, 0.4) is 0 Å². The van der Waals surface area contributed by atoms with Gasteiger partial charge in [-0.25, -0.2) is 0 Å². The molecule has 0 spiro atoms. The minimum atomic E-state index is -0.125. The second kappa shape index (κ2) is 8.51. The highest BCUT2D eigenvalue weighted by Crippen LogP contribution is 2.22. The lowest BCUT2D eigenvalue weighted by molar-refractivity contribution is 0.271. The van der Waals surface area contributed by atoms with Gasteiger partial charge in [-0.3, -0.25) is 5.41 Å². The third-order valence-corrected chi connectivity index (χ3v) is 3.53. The van der Waals surface area contributed by atoms with Crippen molar-refractivity contribution in [3.63, 3.8) is 0 Å². The maximum Gasteiger partial charge on any atom is 0.0963 e. The third-order valence-electron chi connectivity index (χ3n) is 3.53. The Bertz CT molecular complexity index is 212. The Hall–Kier alpha value is -0.570. The van der Waals surface area contributed by atoms with E-state index in [-0.39, 0.29) is 5.41 Å². The van der Waals surface area contributed by atoms with E-state index in [0.29, 0.717) is 5.84 Å². The quantitative estimate of drug-likeness (QED) is 0.350. The van der Waals surface area contributed by atoms with Crippen molar-refractivity contribution in [1.82, 2.24) is 4.90 Å². The summed E-state index contributed by atoms with van der Waals surface area (Å²) in [5.74, 6) is 0.316. The molecule has 0 radical (unpaired) electrons. The molecule has 0 aromatic heterocycles. The zero-order valence-corrected chi connectivity index (χ0v) is 12.2. The van der Waals surface area contributed by atoms with Gasteiger partial charge in [-0.2, -0.15) is 0 Å². The maximum absolute atomic E-state index is 7.51. The molecule has 0 amide bonds. The van der Waals surface area contributed by atoms with E-state index >= 15 is 0 Å². The van der Waals surface area contributed by atoms with Crippen LogP contribution < -0.4 is 5.73 Å². The molecule has 0 aromatic carbocycles. The number of hydrogen-bond donors (Lipinski definition) is 2. The Morgan fingerprint density at radius 2 is 1.71 bits per heavy atom. The first-order valence-corrected chi connectivity index (χ1v) is 7.01. The van der Waals surface area contributed by atoms with Gasteiger partial charge in [0.2, 0.25) is 0 Å². The van der Waals surface area contributed by atoms with Crippen molar-refractivity contribution in [3.05, 3.63) is 0 Å². The second-order valence-corrected chi connectivity index (χ2v) is 5.54. The topological polar surface area (TPSA) is 53.1 Å². The van der Waals surface area contributed by atoms with Crippen LogP contribution >= 0.6 is 0 Å². The Morgan fingerprint density at radius 3 is 2.18 bits per heavy atom. The molecule has 0 atom stereocenters. The van der Waals surface area contributed by atoms with E-state index in [1.54, 1.807) is 0 Å². The molecule has 102 valence electrons. The molecule has 0 saturated heterocycles. The van der Waals surface area contributed by atoms with Gasteiger partial charge in [0.1, 0.15) is 0 Å². The molecule has 0 saturated carbocycles. The van der Waals surface area contributed by atoms with Crippen LogP contribution in [0.5, 0.6) is 0 Å². The molecule has 3 nitrogen and oxygen atoms in total. The molecule has 0 aromatic rings. The normalized spacial score (nSPS) is 12.1. The number of unbranched alkanes of at least 4 members (excludes halogenated alkanes) is 2. The van der Waals surface area contributed by atoms with Crippen molar-refractivity contribution < 1.29 is 0 Å². The number of hydrogen-bond acceptors (Lipinski definition) is 2. The van der Waals surface area contributed by atoms with Gasteiger partial charge in [-0.15, -0.1) is 0 Å². The van der Waals surface area contributed by atoms with Gasteiger partial charge in [0, 0.05) is 5.41 Å². The number of amidine groups is 1. The lowest BCUT2D eigenvalue weighted by atomic mass is 9.86. The number of rotatable bonds is 10. The fourth-order valence-electron chi connectivity index (χ4n) is 1.85. The smallest absolute Gasteiger partial charge is 0.0963 e. The van der Waals surface area contributed by atoms with Gasteiger partial charge >= 0.3 is 0 Å². The predicted octanol–water partition coefficient (Wildman–Crippen LogP) is 3.24. The molecular formula is C14H31N3. The molecule has 3 heteroatoms. The molecule has 0 unspecified atom stereocenters. The molecule has 0 aliphatic carbocycles. The van der Waals surface area contributed by atoms with Crippen LogP contribution in [-0.2, 0) is 0 Å². The Labute approximate surface area is 107 Å². The van der Waals surface area contributed by atoms with Crippen molar-refractivity contribution in [2.24, 2.45) is 11.1 Å². The van der Waals surface area contributed by atoms with E-state index in [0.717, 1.165) is 19.4 Å². The summed E-state index contributed by atoms with van der Waals surface area (Å²) < 4.78 is 0. The van der Waals surface area contributed by atoms with Crippen LogP contribution in [0.2, 0.25) is 0 Å². The van der Waals surface area contributed by atoms with E-state index in [1.165, 1.54) is 32.4 Å². The summed E-state index contributed by atoms with van der Waals surface area (Å²) in [5.41, 5.74) is 5.45. The van der Waals surface area contributed by atoms with E-state index < -0.39 is 0 Å². The average Bonchev–Trinajstić information content (AvgIpc) is 2.28. The van der Waals surface area contributed by atoms with E-state index in [4.69, 9.17) is 11.1 Å². The standard InChI is InChI=1S/C14H31N3/c1-5-7-11-17(6-2)12-9-8-10-14(3,4)13(15)16/h5-12H2,1-4H3,(H3,15,16). The van der Waals surface area contributed by atoms with Crippen LogP contribution in [0.4, 0.5) is 0 Å². The highest BCUT2D eigenvalue weighted by molar-refractivity contribution is 5.82. The lowest BCUT2D eigenvalue weighted by Gasteiger charge is -2.24. The number of nitrogens with zero attached hydrogens (tertiary/aromatic N) is 1. The summed E-state index contributed by atoms with van der Waals surface area (Å²) in [4.78, 5) is 2.52. The van der Waals surface area contributed by atoms with Crippen molar-refractivity contribution >= 4 is 5.84 Å². The van der Waals surface area contributed by atoms with E-state index in [2.05, 4.69) is 32.6 Å². The molecule has 0 fully saturated rings. The van der Waals surface area contributed by atoms with E-state index in [1.807, 2.05) is 0 Å². The van der Waals surface area contributed by atoms with Crippen LogP contribution in [-0.4, -0.2) is 30.4 Å². The molecule has 3 N–H and O–H groups in total. The first-order chi connectivity index (χ1) is 7.94. The van der Waals surface area contributed by atoms with Gasteiger partial charge in [-0.1, -0.05) is 40.5 Å². The van der Waals surface area contributed by atoms with Gasteiger partial charge in [0.25, 0.3) is 0 Å². The van der Waals surface area contributed by atoms with Crippen molar-refractivity contribution in [2.75, 3.05) is 19.6 Å². The molecule has 0 bridgehead atoms. The highest BCUT2D eigenvalue weighted by atomic mass is 15.1. The van der Waals surface area contributed by atoms with Crippen molar-refractivity contribution in [2.45, 2.75) is 59.8 Å². The summed E-state index contributed by atoms with van der Waals surface area (Å²) in [6, 6.07) is 0. The second-order valence-electron chi connectivity index (χ2n) is 5.54. The van der Waals surface area contributed by atoms with Gasteiger partial charge in [-0.05, 0) is 38.9 Å². The Kier molecular flexibility index (Phi) is 8.23. The summed E-state index contributed by atoms with van der Waals surface area (Å²) in [6.07, 6.45) is 5.97.